The first-order valence-corrected chi connectivity index (χ1v) is 7.13. The van der Waals surface area contributed by atoms with Gasteiger partial charge < -0.3 is 10.2 Å². The molecule has 0 aliphatic heterocycles. The first-order valence-electron chi connectivity index (χ1n) is 6.14. The molecule has 2 aromatic rings. The summed E-state index contributed by atoms with van der Waals surface area (Å²) in [7, 11) is 0. The van der Waals surface area contributed by atoms with Crippen molar-refractivity contribution < 1.29 is 10.2 Å². The molecule has 1 atom stereocenters. The van der Waals surface area contributed by atoms with Crippen LogP contribution in [0.2, 0.25) is 0 Å². The van der Waals surface area contributed by atoms with Crippen LogP contribution in [0.3, 0.4) is 0 Å². The molecule has 1 heterocycles. The van der Waals surface area contributed by atoms with Crippen molar-refractivity contribution in [1.82, 2.24) is 9.55 Å². The van der Waals surface area contributed by atoms with E-state index < -0.39 is 6.10 Å². The monoisotopic (exact) mass is 278 g/mol. The third-order valence-corrected chi connectivity index (χ3v) is 3.96. The largest absolute Gasteiger partial charge is 0.394 e. The highest BCUT2D eigenvalue weighted by Crippen LogP contribution is 2.23. The molecule has 2 N–H and O–H groups in total. The Morgan fingerprint density at radius 3 is 2.89 bits per heavy atom. The molecule has 0 aliphatic carbocycles. The summed E-state index contributed by atoms with van der Waals surface area (Å²) in [5.41, 5.74) is 3.47. The van der Waals surface area contributed by atoms with Gasteiger partial charge in [-0.3, -0.25) is 4.57 Å². The van der Waals surface area contributed by atoms with Crippen molar-refractivity contribution >= 4 is 11.8 Å². The molecule has 0 saturated carbocycles. The second kappa shape index (κ2) is 6.23. The summed E-state index contributed by atoms with van der Waals surface area (Å²) in [5, 5.41) is 19.1. The molecule has 0 aliphatic rings. The Morgan fingerprint density at radius 1 is 1.37 bits per heavy atom. The second-order valence-corrected chi connectivity index (χ2v) is 5.50. The zero-order valence-corrected chi connectivity index (χ0v) is 11.9. The van der Waals surface area contributed by atoms with E-state index in [9.17, 15) is 5.11 Å². The number of hydrogen-bond acceptors (Lipinski definition) is 4. The quantitative estimate of drug-likeness (QED) is 0.821. The summed E-state index contributed by atoms with van der Waals surface area (Å²) in [4.78, 5) is 4.30. The van der Waals surface area contributed by atoms with E-state index in [2.05, 4.69) is 37.0 Å². The van der Waals surface area contributed by atoms with Crippen LogP contribution in [-0.2, 0) is 0 Å². The van der Waals surface area contributed by atoms with Crippen molar-refractivity contribution in [1.29, 1.82) is 0 Å². The number of aromatic nitrogens is 2. The number of benzene rings is 1. The van der Waals surface area contributed by atoms with Crippen molar-refractivity contribution in [3.05, 3.63) is 41.7 Å². The van der Waals surface area contributed by atoms with Crippen LogP contribution in [0, 0.1) is 13.8 Å². The number of aryl methyl sites for hydroxylation is 2. The molecular weight excluding hydrogens is 260 g/mol. The third kappa shape index (κ3) is 3.37. The van der Waals surface area contributed by atoms with Gasteiger partial charge in [-0.25, -0.2) is 4.98 Å². The zero-order chi connectivity index (χ0) is 13.8. The molecular formula is C14H18N2O2S. The van der Waals surface area contributed by atoms with Crippen LogP contribution >= 0.6 is 11.8 Å². The minimum Gasteiger partial charge on any atom is -0.394 e. The lowest BCUT2D eigenvalue weighted by atomic mass is 10.1. The number of aliphatic hydroxyl groups excluding tert-OH is 2. The number of nitrogens with zero attached hydrogens (tertiary/aromatic N) is 2. The van der Waals surface area contributed by atoms with Gasteiger partial charge in [0.25, 0.3) is 0 Å². The first-order chi connectivity index (χ1) is 9.11. The van der Waals surface area contributed by atoms with E-state index in [1.165, 1.54) is 22.9 Å². The van der Waals surface area contributed by atoms with E-state index in [1.54, 1.807) is 6.20 Å². The van der Waals surface area contributed by atoms with Crippen LogP contribution < -0.4 is 0 Å². The summed E-state index contributed by atoms with van der Waals surface area (Å²) in [6.45, 7) is 3.89. The topological polar surface area (TPSA) is 58.3 Å². The number of hydrogen-bond donors (Lipinski definition) is 2. The first kappa shape index (κ1) is 14.1. The summed E-state index contributed by atoms with van der Waals surface area (Å²) in [6.07, 6.45) is 2.94. The predicted molar refractivity (Wildman–Crippen MR) is 76.9 cm³/mol. The highest BCUT2D eigenvalue weighted by atomic mass is 32.2. The van der Waals surface area contributed by atoms with Crippen molar-refractivity contribution in [2.24, 2.45) is 0 Å². The Balaban J connectivity index is 2.26. The molecule has 0 fully saturated rings. The van der Waals surface area contributed by atoms with Crippen LogP contribution in [0.15, 0.2) is 35.7 Å². The van der Waals surface area contributed by atoms with Crippen LogP contribution in [-0.4, -0.2) is 38.2 Å². The standard InChI is InChI=1S/C14H18N2O2S/c1-10-3-4-11(2)13(7-10)16-6-5-15-14(16)19-9-12(18)8-17/h3-7,12,17-18H,8-9H2,1-2H3. The van der Waals surface area contributed by atoms with E-state index >= 15 is 0 Å². The lowest BCUT2D eigenvalue weighted by Gasteiger charge is -2.12. The lowest BCUT2D eigenvalue weighted by molar-refractivity contribution is 0.113. The third-order valence-electron chi connectivity index (χ3n) is 2.85. The molecule has 102 valence electrons. The van der Waals surface area contributed by atoms with Gasteiger partial charge in [0.2, 0.25) is 0 Å². The second-order valence-electron chi connectivity index (χ2n) is 4.52. The highest BCUT2D eigenvalue weighted by molar-refractivity contribution is 7.99. The summed E-state index contributed by atoms with van der Waals surface area (Å²) in [5.74, 6) is 0.429. The fourth-order valence-electron chi connectivity index (χ4n) is 1.78. The van der Waals surface area contributed by atoms with E-state index in [-0.39, 0.29) is 6.61 Å². The van der Waals surface area contributed by atoms with Gasteiger partial charge in [0, 0.05) is 18.1 Å². The Bertz CT molecular complexity index is 554. The molecule has 2 rings (SSSR count). The maximum atomic E-state index is 9.41. The Labute approximate surface area is 117 Å². The normalized spacial score (nSPS) is 12.6. The predicted octanol–water partition coefficient (Wildman–Crippen LogP) is 1.93. The molecule has 0 spiro atoms. The van der Waals surface area contributed by atoms with Crippen LogP contribution in [0.1, 0.15) is 11.1 Å². The molecule has 0 saturated heterocycles. The van der Waals surface area contributed by atoms with Crippen molar-refractivity contribution in [3.63, 3.8) is 0 Å². The molecule has 1 aromatic heterocycles. The maximum absolute atomic E-state index is 9.41. The van der Waals surface area contributed by atoms with Crippen molar-refractivity contribution in [2.45, 2.75) is 25.1 Å². The summed E-state index contributed by atoms with van der Waals surface area (Å²) in [6, 6.07) is 6.28. The number of thioether (sulfide) groups is 1. The van der Waals surface area contributed by atoms with Crippen LogP contribution in [0.25, 0.3) is 5.69 Å². The van der Waals surface area contributed by atoms with Gasteiger partial charge in [-0.1, -0.05) is 23.9 Å². The Kier molecular flexibility index (Phi) is 4.63. The van der Waals surface area contributed by atoms with Crippen molar-refractivity contribution in [2.75, 3.05) is 12.4 Å². The van der Waals surface area contributed by atoms with Gasteiger partial charge in [0.1, 0.15) is 0 Å². The minimum absolute atomic E-state index is 0.225. The summed E-state index contributed by atoms with van der Waals surface area (Å²) >= 11 is 1.44. The average Bonchev–Trinajstić information content (AvgIpc) is 2.87. The van der Waals surface area contributed by atoms with Gasteiger partial charge >= 0.3 is 0 Å². The maximum Gasteiger partial charge on any atom is 0.172 e. The number of rotatable bonds is 5. The van der Waals surface area contributed by atoms with Gasteiger partial charge in [0.05, 0.1) is 18.4 Å². The van der Waals surface area contributed by atoms with E-state index in [1.807, 2.05) is 10.8 Å². The number of aliphatic hydroxyl groups is 2. The molecule has 1 unspecified atom stereocenters. The smallest absolute Gasteiger partial charge is 0.172 e. The van der Waals surface area contributed by atoms with E-state index in [0.29, 0.717) is 5.75 Å². The van der Waals surface area contributed by atoms with Gasteiger partial charge in [-0.2, -0.15) is 0 Å². The summed E-state index contributed by atoms with van der Waals surface area (Å²) < 4.78 is 2.01. The van der Waals surface area contributed by atoms with Gasteiger partial charge in [0.15, 0.2) is 5.16 Å². The average molecular weight is 278 g/mol. The van der Waals surface area contributed by atoms with E-state index in [0.717, 1.165) is 10.8 Å². The molecule has 1 aromatic carbocycles. The van der Waals surface area contributed by atoms with Crippen LogP contribution in [0.5, 0.6) is 0 Å². The molecule has 19 heavy (non-hydrogen) atoms. The number of imidazole rings is 1. The molecule has 4 nitrogen and oxygen atoms in total. The minimum atomic E-state index is -0.714. The molecule has 0 bridgehead atoms. The zero-order valence-electron chi connectivity index (χ0n) is 11.1. The fourth-order valence-corrected chi connectivity index (χ4v) is 2.66. The molecule has 0 radical (unpaired) electrons. The van der Waals surface area contributed by atoms with Gasteiger partial charge in [-0.15, -0.1) is 0 Å². The Morgan fingerprint density at radius 2 is 2.16 bits per heavy atom. The lowest BCUT2D eigenvalue weighted by Crippen LogP contribution is -2.15. The molecule has 5 heteroatoms. The van der Waals surface area contributed by atoms with E-state index in [4.69, 9.17) is 5.11 Å². The van der Waals surface area contributed by atoms with Gasteiger partial charge in [-0.05, 0) is 31.0 Å². The van der Waals surface area contributed by atoms with Crippen molar-refractivity contribution in [3.8, 4) is 5.69 Å². The Hall–Kier alpha value is -1.30. The fraction of sp³-hybridized carbons (Fsp3) is 0.357. The highest BCUT2D eigenvalue weighted by Gasteiger charge is 2.10. The van der Waals surface area contributed by atoms with Crippen LogP contribution in [0.4, 0.5) is 0 Å². The SMILES string of the molecule is Cc1ccc(C)c(-n2ccnc2SCC(O)CO)c1. The molecule has 0 amide bonds.